The van der Waals surface area contributed by atoms with E-state index in [2.05, 4.69) is 33.7 Å². The fourth-order valence-electron chi connectivity index (χ4n) is 1.81. The molecule has 0 heterocycles. The zero-order chi connectivity index (χ0) is 15.4. The van der Waals surface area contributed by atoms with Crippen LogP contribution in [0, 0.1) is 0 Å². The van der Waals surface area contributed by atoms with Gasteiger partial charge in [-0.2, -0.15) is 0 Å². The molecule has 0 radical (unpaired) electrons. The van der Waals surface area contributed by atoms with Gasteiger partial charge in [0.25, 0.3) is 0 Å². The Hall–Kier alpha value is -0.240. The molecule has 0 unspecified atom stereocenters. The van der Waals surface area contributed by atoms with Gasteiger partial charge in [-0.25, -0.2) is 0 Å². The molecule has 122 valence electrons. The summed E-state index contributed by atoms with van der Waals surface area (Å²) >= 11 is 0. The molecule has 0 bridgehead atoms. The van der Waals surface area contributed by atoms with Crippen LogP contribution >= 0.6 is 0 Å². The highest BCUT2D eigenvalue weighted by molar-refractivity contribution is 4.61. The van der Waals surface area contributed by atoms with Crippen LogP contribution in [0.4, 0.5) is 0 Å². The van der Waals surface area contributed by atoms with Crippen LogP contribution in [-0.2, 0) is 0 Å². The summed E-state index contributed by atoms with van der Waals surface area (Å²) in [5.41, 5.74) is 0. The Balaban J connectivity index is 3.59. The Bertz CT molecular complexity index is 197. The first-order chi connectivity index (χ1) is 9.49. The van der Waals surface area contributed by atoms with E-state index >= 15 is 0 Å². The number of aliphatic hydroxyl groups excluding tert-OH is 2. The third-order valence-electron chi connectivity index (χ3n) is 3.55. The Morgan fingerprint density at radius 3 is 0.850 bits per heavy atom. The second-order valence-corrected chi connectivity index (χ2v) is 5.66. The molecule has 6 nitrogen and oxygen atoms in total. The second kappa shape index (κ2) is 12.5. The Kier molecular flexibility index (Phi) is 12.3. The van der Waals surface area contributed by atoms with Gasteiger partial charge in [-0.05, 0) is 28.2 Å². The molecule has 0 saturated heterocycles. The minimum absolute atomic E-state index is 0.226. The number of hydrogen-bond donors (Lipinski definition) is 2. The van der Waals surface area contributed by atoms with Crippen molar-refractivity contribution in [1.29, 1.82) is 0 Å². The van der Waals surface area contributed by atoms with Crippen LogP contribution in [0.2, 0.25) is 0 Å². The van der Waals surface area contributed by atoms with E-state index in [0.29, 0.717) is 0 Å². The van der Waals surface area contributed by atoms with Gasteiger partial charge >= 0.3 is 0 Å². The molecule has 0 aliphatic carbocycles. The molecule has 0 aliphatic rings. The number of aliphatic hydroxyl groups is 2. The lowest BCUT2D eigenvalue weighted by molar-refractivity contribution is 0.182. The second-order valence-electron chi connectivity index (χ2n) is 5.66. The normalized spacial score (nSPS) is 12.3. The standard InChI is InChI=1S/C14H34N4O2/c1-15(7-9-17(3)11-13-19)5-6-16(2)8-10-18(4)12-14-20/h19-20H,5-14H2,1-4H3. The molecule has 2 N–H and O–H groups in total. The molecule has 0 fully saturated rings. The smallest absolute Gasteiger partial charge is 0.0558 e. The van der Waals surface area contributed by atoms with Crippen molar-refractivity contribution in [2.75, 3.05) is 93.8 Å². The van der Waals surface area contributed by atoms with E-state index < -0.39 is 0 Å². The van der Waals surface area contributed by atoms with E-state index in [4.69, 9.17) is 10.2 Å². The van der Waals surface area contributed by atoms with Gasteiger partial charge in [0, 0.05) is 52.4 Å². The van der Waals surface area contributed by atoms with Gasteiger partial charge in [-0.15, -0.1) is 0 Å². The van der Waals surface area contributed by atoms with Crippen LogP contribution in [0.5, 0.6) is 0 Å². The largest absolute Gasteiger partial charge is 0.395 e. The molecule has 0 aromatic rings. The lowest BCUT2D eigenvalue weighted by Crippen LogP contribution is -2.38. The van der Waals surface area contributed by atoms with Crippen molar-refractivity contribution in [3.8, 4) is 0 Å². The molecule has 20 heavy (non-hydrogen) atoms. The van der Waals surface area contributed by atoms with Crippen LogP contribution in [0.25, 0.3) is 0 Å². The van der Waals surface area contributed by atoms with Crippen molar-refractivity contribution in [2.45, 2.75) is 0 Å². The third kappa shape index (κ3) is 11.6. The highest BCUT2D eigenvalue weighted by atomic mass is 16.3. The van der Waals surface area contributed by atoms with Crippen LogP contribution in [0.1, 0.15) is 0 Å². The van der Waals surface area contributed by atoms with E-state index in [-0.39, 0.29) is 13.2 Å². The first-order valence-electron chi connectivity index (χ1n) is 7.45. The van der Waals surface area contributed by atoms with E-state index in [1.807, 2.05) is 14.1 Å². The molecular weight excluding hydrogens is 256 g/mol. The topological polar surface area (TPSA) is 53.4 Å². The summed E-state index contributed by atoms with van der Waals surface area (Å²) in [5, 5.41) is 17.7. The summed E-state index contributed by atoms with van der Waals surface area (Å²) < 4.78 is 0. The maximum atomic E-state index is 8.84. The fourth-order valence-corrected chi connectivity index (χ4v) is 1.81. The monoisotopic (exact) mass is 290 g/mol. The highest BCUT2D eigenvalue weighted by Crippen LogP contribution is 1.90. The number of nitrogens with zero attached hydrogens (tertiary/aromatic N) is 4. The van der Waals surface area contributed by atoms with Gasteiger partial charge in [0.2, 0.25) is 0 Å². The van der Waals surface area contributed by atoms with E-state index in [1.54, 1.807) is 0 Å². The summed E-state index contributed by atoms with van der Waals surface area (Å²) in [6, 6.07) is 0. The van der Waals surface area contributed by atoms with E-state index in [1.165, 1.54) is 0 Å². The van der Waals surface area contributed by atoms with Crippen molar-refractivity contribution < 1.29 is 10.2 Å². The maximum absolute atomic E-state index is 8.84. The maximum Gasteiger partial charge on any atom is 0.0558 e. The quantitative estimate of drug-likeness (QED) is 0.440. The van der Waals surface area contributed by atoms with Crippen molar-refractivity contribution in [2.24, 2.45) is 0 Å². The van der Waals surface area contributed by atoms with E-state index in [0.717, 1.165) is 52.4 Å². The lowest BCUT2D eigenvalue weighted by Gasteiger charge is -2.25. The lowest BCUT2D eigenvalue weighted by atomic mass is 10.4. The minimum atomic E-state index is 0.226. The molecule has 0 rings (SSSR count). The summed E-state index contributed by atoms with van der Waals surface area (Å²) in [4.78, 5) is 8.93. The van der Waals surface area contributed by atoms with Crippen molar-refractivity contribution >= 4 is 0 Å². The summed E-state index contributed by atoms with van der Waals surface area (Å²) in [7, 11) is 8.34. The van der Waals surface area contributed by atoms with Gasteiger partial charge in [0.1, 0.15) is 0 Å². The molecule has 0 aromatic heterocycles. The molecular formula is C14H34N4O2. The minimum Gasteiger partial charge on any atom is -0.395 e. The van der Waals surface area contributed by atoms with Gasteiger partial charge in [-0.3, -0.25) is 0 Å². The molecule has 0 aliphatic heterocycles. The predicted molar refractivity (Wildman–Crippen MR) is 84.2 cm³/mol. The summed E-state index contributed by atoms with van der Waals surface area (Å²) in [5.74, 6) is 0. The van der Waals surface area contributed by atoms with Gasteiger partial charge < -0.3 is 29.8 Å². The zero-order valence-electron chi connectivity index (χ0n) is 13.8. The first-order valence-corrected chi connectivity index (χ1v) is 7.45. The Morgan fingerprint density at radius 1 is 0.450 bits per heavy atom. The van der Waals surface area contributed by atoms with Crippen molar-refractivity contribution in [1.82, 2.24) is 19.6 Å². The highest BCUT2D eigenvalue weighted by Gasteiger charge is 2.05. The zero-order valence-corrected chi connectivity index (χ0v) is 13.8. The molecule has 6 heteroatoms. The summed E-state index contributed by atoms with van der Waals surface area (Å²) in [6.45, 7) is 8.05. The number of rotatable bonds is 13. The van der Waals surface area contributed by atoms with Crippen molar-refractivity contribution in [3.63, 3.8) is 0 Å². The molecule has 0 aromatic carbocycles. The Labute approximate surface area is 124 Å². The van der Waals surface area contributed by atoms with E-state index in [9.17, 15) is 0 Å². The molecule has 0 atom stereocenters. The van der Waals surface area contributed by atoms with Gasteiger partial charge in [0.05, 0.1) is 13.2 Å². The van der Waals surface area contributed by atoms with Crippen LogP contribution in [-0.4, -0.2) is 124 Å². The predicted octanol–water partition coefficient (Wildman–Crippen LogP) is -1.30. The average molecular weight is 290 g/mol. The van der Waals surface area contributed by atoms with Crippen LogP contribution < -0.4 is 0 Å². The fraction of sp³-hybridized carbons (Fsp3) is 1.00. The molecule has 0 saturated carbocycles. The van der Waals surface area contributed by atoms with Crippen LogP contribution in [0.15, 0.2) is 0 Å². The SMILES string of the molecule is CN(CCO)CCN(C)CCN(C)CCN(C)CCO. The van der Waals surface area contributed by atoms with Crippen molar-refractivity contribution in [3.05, 3.63) is 0 Å². The Morgan fingerprint density at radius 2 is 0.650 bits per heavy atom. The van der Waals surface area contributed by atoms with Crippen LogP contribution in [0.3, 0.4) is 0 Å². The van der Waals surface area contributed by atoms with Gasteiger partial charge in [0.15, 0.2) is 0 Å². The van der Waals surface area contributed by atoms with Gasteiger partial charge in [-0.1, -0.05) is 0 Å². The number of likely N-dealkylation sites (N-methyl/N-ethyl adjacent to an activating group) is 4. The molecule has 0 amide bonds. The average Bonchev–Trinajstić information content (AvgIpc) is 2.41. The number of hydrogen-bond acceptors (Lipinski definition) is 6. The summed E-state index contributed by atoms with van der Waals surface area (Å²) in [6.07, 6.45) is 0. The molecule has 0 spiro atoms. The first kappa shape index (κ1) is 19.8. The third-order valence-corrected chi connectivity index (χ3v) is 3.55.